The van der Waals surface area contributed by atoms with Crippen LogP contribution in [0, 0.1) is 10.8 Å². The van der Waals surface area contributed by atoms with Crippen LogP contribution in [0.3, 0.4) is 0 Å². The molecule has 42 heavy (non-hydrogen) atoms. The highest BCUT2D eigenvalue weighted by Crippen LogP contribution is 2.21. The lowest BCUT2D eigenvalue weighted by Crippen LogP contribution is -2.49. The van der Waals surface area contributed by atoms with E-state index < -0.39 is 17.9 Å². The van der Waals surface area contributed by atoms with Crippen molar-refractivity contribution in [2.45, 2.75) is 73.3 Å². The van der Waals surface area contributed by atoms with E-state index in [1.165, 1.54) is 0 Å². The highest BCUT2D eigenvalue weighted by molar-refractivity contribution is 7.99. The Kier molecular flexibility index (Phi) is 22.4. The zero-order valence-corrected chi connectivity index (χ0v) is 27.3. The van der Waals surface area contributed by atoms with E-state index in [4.69, 9.17) is 24.1 Å². The largest absolute Gasteiger partial charge is 0.481 e. The van der Waals surface area contributed by atoms with Crippen molar-refractivity contribution < 1.29 is 43.2 Å². The number of carbonyl (C=O) groups excluding carboxylic acids is 3. The summed E-state index contributed by atoms with van der Waals surface area (Å²) in [7, 11) is 0. The lowest BCUT2D eigenvalue weighted by atomic mass is 9.90. The van der Waals surface area contributed by atoms with Gasteiger partial charge in [-0.2, -0.15) is 11.8 Å². The molecule has 0 aliphatic heterocycles. The molecule has 0 aliphatic rings. The van der Waals surface area contributed by atoms with Gasteiger partial charge >= 0.3 is 5.97 Å². The number of thioether (sulfide) groups is 1. The average molecular weight is 622 g/mol. The maximum Gasteiger partial charge on any atom is 0.305 e. The molecule has 3 amide bonds. The van der Waals surface area contributed by atoms with Crippen LogP contribution in [0.4, 0.5) is 0 Å². The number of carboxylic acid groups (broad SMARTS) is 1. The Morgan fingerprint density at radius 1 is 0.667 bits per heavy atom. The van der Waals surface area contributed by atoms with E-state index in [0.29, 0.717) is 65.0 Å². The number of rotatable bonds is 25. The van der Waals surface area contributed by atoms with Gasteiger partial charge in [0.15, 0.2) is 0 Å². The van der Waals surface area contributed by atoms with Crippen LogP contribution in [-0.4, -0.2) is 112 Å². The topological polar surface area (TPSA) is 162 Å². The van der Waals surface area contributed by atoms with Crippen molar-refractivity contribution in [3.8, 4) is 0 Å². The summed E-state index contributed by atoms with van der Waals surface area (Å²) in [5, 5.41) is 16.9. The Morgan fingerprint density at radius 2 is 1.21 bits per heavy atom. The summed E-state index contributed by atoms with van der Waals surface area (Å²) in [6.45, 7) is 16.1. The first-order valence-corrected chi connectivity index (χ1v) is 15.8. The maximum atomic E-state index is 12.5. The molecule has 0 bridgehead atoms. The number of carbonyl (C=O) groups is 4. The highest BCUT2D eigenvalue weighted by Gasteiger charge is 2.22. The molecule has 246 valence electrons. The molecule has 0 rings (SSSR count). The molecule has 0 heterocycles. The molecule has 0 fully saturated rings. The molecular formula is C29H55N3O9S. The van der Waals surface area contributed by atoms with Gasteiger partial charge < -0.3 is 40.0 Å². The van der Waals surface area contributed by atoms with Crippen LogP contribution < -0.4 is 16.0 Å². The van der Waals surface area contributed by atoms with E-state index in [-0.39, 0.29) is 48.6 Å². The van der Waals surface area contributed by atoms with Crippen LogP contribution in [0.25, 0.3) is 0 Å². The molecule has 0 aromatic rings. The summed E-state index contributed by atoms with van der Waals surface area (Å²) < 4.78 is 21.8. The Hall–Kier alpha value is -1.93. The number of hydrogen-bond acceptors (Lipinski definition) is 9. The second-order valence-electron chi connectivity index (χ2n) is 12.2. The SMILES string of the molecule is CC(C)(C)CCC(=O)NCCOCCOCCOCCOCCC(=O)N[C@@H](CSCC(C)(C)C)C(=O)NCCC(=O)O. The first-order chi connectivity index (χ1) is 19.7. The first-order valence-electron chi connectivity index (χ1n) is 14.6. The van der Waals surface area contributed by atoms with Crippen molar-refractivity contribution in [1.29, 1.82) is 0 Å². The summed E-state index contributed by atoms with van der Waals surface area (Å²) >= 11 is 1.56. The summed E-state index contributed by atoms with van der Waals surface area (Å²) in [6, 6.07) is -0.753. The van der Waals surface area contributed by atoms with E-state index in [2.05, 4.69) is 57.5 Å². The van der Waals surface area contributed by atoms with Gasteiger partial charge in [-0.25, -0.2) is 0 Å². The second kappa shape index (κ2) is 23.5. The van der Waals surface area contributed by atoms with Gasteiger partial charge in [-0.05, 0) is 23.0 Å². The van der Waals surface area contributed by atoms with E-state index in [0.717, 1.165) is 12.2 Å². The fourth-order valence-electron chi connectivity index (χ4n) is 3.11. The fraction of sp³-hybridized carbons (Fsp3) is 0.862. The van der Waals surface area contributed by atoms with Gasteiger partial charge in [0.1, 0.15) is 6.04 Å². The lowest BCUT2D eigenvalue weighted by Gasteiger charge is -2.21. The zero-order valence-electron chi connectivity index (χ0n) is 26.5. The monoisotopic (exact) mass is 621 g/mol. The van der Waals surface area contributed by atoms with Crippen molar-refractivity contribution >= 4 is 35.5 Å². The van der Waals surface area contributed by atoms with Gasteiger partial charge in [0.05, 0.1) is 59.3 Å². The number of aliphatic carboxylic acids is 1. The molecule has 0 aromatic heterocycles. The fourth-order valence-corrected chi connectivity index (χ4v) is 4.32. The van der Waals surface area contributed by atoms with Crippen molar-refractivity contribution in [1.82, 2.24) is 16.0 Å². The van der Waals surface area contributed by atoms with E-state index >= 15 is 0 Å². The standard InChI is InChI=1S/C29H55N3O9S/c1-28(2,3)10-7-24(33)30-12-14-39-16-18-41-20-19-40-17-15-38-13-9-25(34)32-23(21-42-22-29(4,5)6)27(37)31-11-8-26(35)36/h23H,7-22H2,1-6H3,(H,30,33)(H,31,37)(H,32,34)(H,35,36)/t23-/m0/s1. The smallest absolute Gasteiger partial charge is 0.305 e. The Bertz CT molecular complexity index is 770. The van der Waals surface area contributed by atoms with Crippen LogP contribution in [-0.2, 0) is 38.1 Å². The van der Waals surface area contributed by atoms with Gasteiger partial charge in [-0.1, -0.05) is 41.5 Å². The first kappa shape index (κ1) is 40.1. The predicted molar refractivity (Wildman–Crippen MR) is 164 cm³/mol. The number of carboxylic acids is 1. The maximum absolute atomic E-state index is 12.5. The molecule has 0 radical (unpaired) electrons. The van der Waals surface area contributed by atoms with Crippen LogP contribution in [0.2, 0.25) is 0 Å². The number of ether oxygens (including phenoxy) is 4. The van der Waals surface area contributed by atoms with Gasteiger partial charge in [0.2, 0.25) is 17.7 Å². The molecule has 0 aromatic carbocycles. The van der Waals surface area contributed by atoms with E-state index in [1.54, 1.807) is 11.8 Å². The van der Waals surface area contributed by atoms with Gasteiger partial charge in [0.25, 0.3) is 0 Å². The Balaban J connectivity index is 3.84. The summed E-state index contributed by atoms with van der Waals surface area (Å²) in [5.41, 5.74) is 0.216. The van der Waals surface area contributed by atoms with Gasteiger partial charge in [-0.3, -0.25) is 19.2 Å². The van der Waals surface area contributed by atoms with Crippen molar-refractivity contribution in [3.63, 3.8) is 0 Å². The van der Waals surface area contributed by atoms with Crippen LogP contribution in [0.1, 0.15) is 67.2 Å². The molecule has 13 heteroatoms. The minimum absolute atomic E-state index is 0.00541. The van der Waals surface area contributed by atoms with Crippen LogP contribution in [0.5, 0.6) is 0 Å². The normalized spacial score (nSPS) is 12.5. The summed E-state index contributed by atoms with van der Waals surface area (Å²) in [5.74, 6) is -0.476. The molecule has 0 saturated heterocycles. The molecular weight excluding hydrogens is 566 g/mol. The molecule has 0 saturated carbocycles. The third-order valence-electron chi connectivity index (χ3n) is 5.37. The number of nitrogens with one attached hydrogen (secondary N) is 3. The Labute approximate surface area is 256 Å². The zero-order chi connectivity index (χ0) is 31.9. The molecule has 0 unspecified atom stereocenters. The van der Waals surface area contributed by atoms with Crippen LogP contribution >= 0.6 is 11.8 Å². The Morgan fingerprint density at radius 3 is 1.74 bits per heavy atom. The van der Waals surface area contributed by atoms with Gasteiger partial charge in [-0.15, -0.1) is 0 Å². The number of hydrogen-bond donors (Lipinski definition) is 4. The predicted octanol–water partition coefficient (Wildman–Crippen LogP) is 2.24. The summed E-state index contributed by atoms with van der Waals surface area (Å²) in [4.78, 5) is 47.3. The summed E-state index contributed by atoms with van der Waals surface area (Å²) in [6.07, 6.45) is 1.27. The van der Waals surface area contributed by atoms with E-state index in [9.17, 15) is 19.2 Å². The third-order valence-corrected chi connectivity index (χ3v) is 7.01. The highest BCUT2D eigenvalue weighted by atomic mass is 32.2. The molecule has 1 atom stereocenters. The molecule has 0 aliphatic carbocycles. The minimum atomic E-state index is -1.00. The van der Waals surface area contributed by atoms with Crippen LogP contribution in [0.15, 0.2) is 0 Å². The second-order valence-corrected chi connectivity index (χ2v) is 13.3. The average Bonchev–Trinajstić information content (AvgIpc) is 2.87. The molecule has 12 nitrogen and oxygen atoms in total. The van der Waals surface area contributed by atoms with E-state index in [1.807, 2.05) is 0 Å². The van der Waals surface area contributed by atoms with Crippen molar-refractivity contribution in [2.24, 2.45) is 10.8 Å². The third kappa shape index (κ3) is 28.2. The molecule has 4 N–H and O–H groups in total. The van der Waals surface area contributed by atoms with Crippen molar-refractivity contribution in [2.75, 3.05) is 77.5 Å². The lowest BCUT2D eigenvalue weighted by molar-refractivity contribution is -0.137. The number of amides is 3. The minimum Gasteiger partial charge on any atom is -0.481 e. The van der Waals surface area contributed by atoms with Gasteiger partial charge in [0, 0.05) is 31.7 Å². The quantitative estimate of drug-likeness (QED) is 0.111. The van der Waals surface area contributed by atoms with Crippen molar-refractivity contribution in [3.05, 3.63) is 0 Å². The molecule has 0 spiro atoms.